The fourth-order valence-corrected chi connectivity index (χ4v) is 2.48. The van der Waals surface area contributed by atoms with Crippen molar-refractivity contribution in [1.82, 2.24) is 5.32 Å². The zero-order valence-corrected chi connectivity index (χ0v) is 10.9. The molecule has 0 bridgehead atoms. The third-order valence-electron chi connectivity index (χ3n) is 3.54. The van der Waals surface area contributed by atoms with E-state index in [-0.39, 0.29) is 0 Å². The van der Waals surface area contributed by atoms with Crippen molar-refractivity contribution in [3.8, 4) is 11.5 Å². The zero-order valence-electron chi connectivity index (χ0n) is 10.9. The number of nitrogens with one attached hydrogen (secondary N) is 1. The van der Waals surface area contributed by atoms with Gasteiger partial charge >= 0.3 is 0 Å². The van der Waals surface area contributed by atoms with Crippen LogP contribution in [0.1, 0.15) is 29.9 Å². The van der Waals surface area contributed by atoms with Crippen LogP contribution in [-0.2, 0) is 0 Å². The molecule has 1 unspecified atom stereocenters. The quantitative estimate of drug-likeness (QED) is 0.873. The highest BCUT2D eigenvalue weighted by atomic mass is 16.5. The highest BCUT2D eigenvalue weighted by molar-refractivity contribution is 5.48. The largest absolute Gasteiger partial charge is 0.496 e. The lowest BCUT2D eigenvalue weighted by molar-refractivity contribution is 0.384. The van der Waals surface area contributed by atoms with Crippen LogP contribution in [-0.4, -0.2) is 27.3 Å². The minimum absolute atomic E-state index is 0.576. The molecule has 1 N–H and O–H groups in total. The summed E-state index contributed by atoms with van der Waals surface area (Å²) in [5, 5.41) is 3.44. The summed E-state index contributed by atoms with van der Waals surface area (Å²) < 4.78 is 10.8. The van der Waals surface area contributed by atoms with Crippen molar-refractivity contribution in [1.29, 1.82) is 0 Å². The van der Waals surface area contributed by atoms with Crippen LogP contribution in [0.15, 0.2) is 12.1 Å². The molecule has 1 fully saturated rings. The summed E-state index contributed by atoms with van der Waals surface area (Å²) in [6.45, 7) is 4.21. The first kappa shape index (κ1) is 12.2. The smallest absolute Gasteiger partial charge is 0.125 e. The van der Waals surface area contributed by atoms with Gasteiger partial charge < -0.3 is 14.8 Å². The molecule has 0 aliphatic carbocycles. The Hall–Kier alpha value is -1.22. The summed E-state index contributed by atoms with van der Waals surface area (Å²) in [4.78, 5) is 0. The molecule has 0 amide bonds. The minimum atomic E-state index is 0.576. The monoisotopic (exact) mass is 235 g/mol. The molecule has 0 spiro atoms. The number of hydrogen-bond donors (Lipinski definition) is 1. The molecule has 1 aliphatic heterocycles. The Morgan fingerprint density at radius 1 is 1.18 bits per heavy atom. The van der Waals surface area contributed by atoms with Crippen LogP contribution >= 0.6 is 0 Å². The Morgan fingerprint density at radius 3 is 2.29 bits per heavy atom. The van der Waals surface area contributed by atoms with Gasteiger partial charge in [0.1, 0.15) is 11.5 Å². The van der Waals surface area contributed by atoms with E-state index in [1.807, 2.05) is 6.92 Å². The predicted octanol–water partition coefficient (Wildman–Crippen LogP) is 2.48. The average Bonchev–Trinajstić information content (AvgIpc) is 2.40. The molecule has 0 saturated carbocycles. The van der Waals surface area contributed by atoms with E-state index in [4.69, 9.17) is 9.47 Å². The number of benzene rings is 1. The molecule has 1 saturated heterocycles. The van der Waals surface area contributed by atoms with Crippen LogP contribution in [0, 0.1) is 6.92 Å². The Morgan fingerprint density at radius 2 is 1.82 bits per heavy atom. The fraction of sp³-hybridized carbons (Fsp3) is 0.571. The van der Waals surface area contributed by atoms with E-state index in [2.05, 4.69) is 17.4 Å². The van der Waals surface area contributed by atoms with Crippen LogP contribution in [0.5, 0.6) is 11.5 Å². The number of ether oxygens (including phenoxy) is 2. The van der Waals surface area contributed by atoms with Crippen LogP contribution in [0.4, 0.5) is 0 Å². The van der Waals surface area contributed by atoms with E-state index in [9.17, 15) is 0 Å². The van der Waals surface area contributed by atoms with Crippen molar-refractivity contribution in [3.05, 3.63) is 23.3 Å². The molecule has 94 valence electrons. The van der Waals surface area contributed by atoms with Gasteiger partial charge in [-0.1, -0.05) is 0 Å². The van der Waals surface area contributed by atoms with Crippen LogP contribution in [0.3, 0.4) is 0 Å². The predicted molar refractivity (Wildman–Crippen MR) is 69.1 cm³/mol. The molecular weight excluding hydrogens is 214 g/mol. The standard InChI is InChI=1S/C14H21NO2/c1-10-13(16-2)7-12(8-14(10)17-3)11-5-4-6-15-9-11/h7-8,11,15H,4-6,9H2,1-3H3. The van der Waals surface area contributed by atoms with Crippen molar-refractivity contribution in [2.45, 2.75) is 25.7 Å². The third-order valence-corrected chi connectivity index (χ3v) is 3.54. The van der Waals surface area contributed by atoms with Crippen molar-refractivity contribution >= 4 is 0 Å². The normalized spacial score (nSPS) is 20.1. The summed E-state index contributed by atoms with van der Waals surface area (Å²) in [5.74, 6) is 2.42. The van der Waals surface area contributed by atoms with Crippen LogP contribution in [0.2, 0.25) is 0 Å². The molecule has 0 radical (unpaired) electrons. The molecule has 3 heteroatoms. The van der Waals surface area contributed by atoms with Gasteiger partial charge in [-0.05, 0) is 49.9 Å². The molecule has 1 aromatic rings. The van der Waals surface area contributed by atoms with Gasteiger partial charge in [-0.25, -0.2) is 0 Å². The minimum Gasteiger partial charge on any atom is -0.496 e. The molecule has 1 heterocycles. The van der Waals surface area contributed by atoms with E-state index in [0.29, 0.717) is 5.92 Å². The summed E-state index contributed by atoms with van der Waals surface area (Å²) in [7, 11) is 3.43. The maximum Gasteiger partial charge on any atom is 0.125 e. The second kappa shape index (κ2) is 5.41. The maximum absolute atomic E-state index is 5.42. The molecular formula is C14H21NO2. The fourth-order valence-electron chi connectivity index (χ4n) is 2.48. The highest BCUT2D eigenvalue weighted by Crippen LogP contribution is 2.34. The Bertz CT molecular complexity index is 359. The van der Waals surface area contributed by atoms with E-state index in [1.54, 1.807) is 14.2 Å². The first-order valence-corrected chi connectivity index (χ1v) is 6.19. The molecule has 1 aliphatic rings. The van der Waals surface area contributed by atoms with Gasteiger partial charge in [-0.3, -0.25) is 0 Å². The van der Waals surface area contributed by atoms with Gasteiger partial charge in [0.2, 0.25) is 0 Å². The second-order valence-corrected chi connectivity index (χ2v) is 4.59. The van der Waals surface area contributed by atoms with Gasteiger partial charge in [0.05, 0.1) is 14.2 Å². The van der Waals surface area contributed by atoms with E-state index >= 15 is 0 Å². The summed E-state index contributed by atoms with van der Waals surface area (Å²) in [5.41, 5.74) is 2.39. The number of piperidine rings is 1. The van der Waals surface area contributed by atoms with Gasteiger partial charge in [0.15, 0.2) is 0 Å². The molecule has 3 nitrogen and oxygen atoms in total. The van der Waals surface area contributed by atoms with E-state index < -0.39 is 0 Å². The number of methoxy groups -OCH3 is 2. The average molecular weight is 235 g/mol. The van der Waals surface area contributed by atoms with Gasteiger partial charge in [-0.15, -0.1) is 0 Å². The first-order valence-electron chi connectivity index (χ1n) is 6.19. The lowest BCUT2D eigenvalue weighted by Crippen LogP contribution is -2.28. The summed E-state index contributed by atoms with van der Waals surface area (Å²) >= 11 is 0. The lowest BCUT2D eigenvalue weighted by Gasteiger charge is -2.24. The Kier molecular flexibility index (Phi) is 3.89. The number of rotatable bonds is 3. The van der Waals surface area contributed by atoms with Gasteiger partial charge in [0, 0.05) is 12.1 Å². The molecule has 17 heavy (non-hydrogen) atoms. The van der Waals surface area contributed by atoms with E-state index in [1.165, 1.54) is 18.4 Å². The highest BCUT2D eigenvalue weighted by Gasteiger charge is 2.18. The second-order valence-electron chi connectivity index (χ2n) is 4.59. The lowest BCUT2D eigenvalue weighted by atomic mass is 9.90. The van der Waals surface area contributed by atoms with Crippen molar-refractivity contribution in [3.63, 3.8) is 0 Å². The molecule has 1 atom stereocenters. The van der Waals surface area contributed by atoms with Crippen molar-refractivity contribution < 1.29 is 9.47 Å². The topological polar surface area (TPSA) is 30.5 Å². The van der Waals surface area contributed by atoms with Crippen molar-refractivity contribution in [2.24, 2.45) is 0 Å². The first-order chi connectivity index (χ1) is 8.26. The van der Waals surface area contributed by atoms with Gasteiger partial charge in [-0.2, -0.15) is 0 Å². The van der Waals surface area contributed by atoms with Crippen LogP contribution < -0.4 is 14.8 Å². The van der Waals surface area contributed by atoms with Gasteiger partial charge in [0.25, 0.3) is 0 Å². The number of hydrogen-bond acceptors (Lipinski definition) is 3. The summed E-state index contributed by atoms with van der Waals surface area (Å²) in [6, 6.07) is 4.30. The molecule has 0 aromatic heterocycles. The Labute approximate surface area is 103 Å². The van der Waals surface area contributed by atoms with Crippen LogP contribution in [0.25, 0.3) is 0 Å². The van der Waals surface area contributed by atoms with Crippen molar-refractivity contribution in [2.75, 3.05) is 27.3 Å². The maximum atomic E-state index is 5.42. The molecule has 1 aromatic carbocycles. The SMILES string of the molecule is COc1cc(C2CCCNC2)cc(OC)c1C. The third kappa shape index (κ3) is 2.55. The summed E-state index contributed by atoms with van der Waals surface area (Å²) in [6.07, 6.45) is 2.48. The zero-order chi connectivity index (χ0) is 12.3. The Balaban J connectivity index is 2.33. The van der Waals surface area contributed by atoms with E-state index in [0.717, 1.165) is 30.2 Å². The molecule has 2 rings (SSSR count).